The van der Waals surface area contributed by atoms with Crippen molar-refractivity contribution in [2.75, 3.05) is 0 Å². The second-order valence-corrected chi connectivity index (χ2v) is 5.47. The molecule has 2 unspecified atom stereocenters. The average molecular weight is 292 g/mol. The fraction of sp³-hybridized carbons (Fsp3) is 0.529. The molecule has 21 heavy (non-hydrogen) atoms. The zero-order chi connectivity index (χ0) is 15.7. The van der Waals surface area contributed by atoms with Crippen LogP contribution in [0.4, 0.5) is 0 Å². The summed E-state index contributed by atoms with van der Waals surface area (Å²) >= 11 is 0. The van der Waals surface area contributed by atoms with Gasteiger partial charge in [-0.15, -0.1) is 0 Å². The fourth-order valence-electron chi connectivity index (χ4n) is 2.77. The number of benzene rings is 1. The highest BCUT2D eigenvalue weighted by molar-refractivity contribution is 5.70. The number of carbonyl (C=O) groups is 2. The molecule has 1 aromatic carbocycles. The summed E-state index contributed by atoms with van der Waals surface area (Å²) in [7, 11) is 0. The van der Waals surface area contributed by atoms with Gasteiger partial charge in [-0.05, 0) is 37.2 Å². The highest BCUT2D eigenvalue weighted by atomic mass is 16.4. The summed E-state index contributed by atoms with van der Waals surface area (Å²) in [6.45, 7) is 2.05. The van der Waals surface area contributed by atoms with E-state index in [9.17, 15) is 14.7 Å². The molecule has 1 aromatic rings. The zero-order valence-corrected chi connectivity index (χ0v) is 12.5. The number of carboxylic acid groups (broad SMARTS) is 2. The van der Waals surface area contributed by atoms with E-state index in [0.29, 0.717) is 12.8 Å². The van der Waals surface area contributed by atoms with Gasteiger partial charge >= 0.3 is 11.9 Å². The Labute approximate surface area is 125 Å². The van der Waals surface area contributed by atoms with Crippen LogP contribution in [0.3, 0.4) is 0 Å². The third-order valence-corrected chi connectivity index (χ3v) is 3.79. The first-order valence-electron chi connectivity index (χ1n) is 7.53. The van der Waals surface area contributed by atoms with Crippen molar-refractivity contribution in [3.63, 3.8) is 0 Å². The first-order valence-corrected chi connectivity index (χ1v) is 7.53. The molecule has 0 spiro atoms. The van der Waals surface area contributed by atoms with E-state index in [1.54, 1.807) is 0 Å². The minimum Gasteiger partial charge on any atom is -0.481 e. The molecule has 4 nitrogen and oxygen atoms in total. The second-order valence-electron chi connectivity index (χ2n) is 5.47. The van der Waals surface area contributed by atoms with Crippen LogP contribution in [0.2, 0.25) is 0 Å². The van der Waals surface area contributed by atoms with E-state index in [-0.39, 0.29) is 12.3 Å². The van der Waals surface area contributed by atoms with Crippen molar-refractivity contribution in [3.8, 4) is 0 Å². The number of aliphatic carboxylic acids is 2. The molecule has 1 rings (SSSR count). The summed E-state index contributed by atoms with van der Waals surface area (Å²) in [5, 5.41) is 18.2. The normalized spacial score (nSPS) is 13.6. The van der Waals surface area contributed by atoms with Gasteiger partial charge in [0.1, 0.15) is 0 Å². The van der Waals surface area contributed by atoms with Gasteiger partial charge in [-0.2, -0.15) is 0 Å². The Kier molecular flexibility index (Phi) is 7.51. The highest BCUT2D eigenvalue weighted by Gasteiger charge is 2.27. The Morgan fingerprint density at radius 1 is 1.10 bits per heavy atom. The largest absolute Gasteiger partial charge is 0.481 e. The van der Waals surface area contributed by atoms with Crippen LogP contribution in [0.15, 0.2) is 30.3 Å². The van der Waals surface area contributed by atoms with Crippen molar-refractivity contribution in [3.05, 3.63) is 35.9 Å². The lowest BCUT2D eigenvalue weighted by atomic mass is 9.81. The number of rotatable bonds is 10. The first kappa shape index (κ1) is 17.2. The highest BCUT2D eigenvalue weighted by Crippen LogP contribution is 2.27. The van der Waals surface area contributed by atoms with Crippen LogP contribution in [0.25, 0.3) is 0 Å². The summed E-state index contributed by atoms with van der Waals surface area (Å²) in [6.07, 6.45) is 3.40. The molecule has 0 fully saturated rings. The van der Waals surface area contributed by atoms with E-state index < -0.39 is 17.9 Å². The van der Waals surface area contributed by atoms with Gasteiger partial charge in [0.05, 0.1) is 5.92 Å². The molecule has 0 aromatic heterocycles. The van der Waals surface area contributed by atoms with Crippen LogP contribution in [-0.4, -0.2) is 22.2 Å². The molecule has 0 amide bonds. The van der Waals surface area contributed by atoms with E-state index in [4.69, 9.17) is 5.11 Å². The Hall–Kier alpha value is -1.84. The minimum atomic E-state index is -0.866. The standard InChI is InChI=1S/C17H24O4/c1-2-7-14(12-13-8-4-3-5-9-13)15(17(20)21)10-6-11-16(18)19/h3-5,8-9,14-15H,2,6-7,10-12H2,1H3,(H,18,19)(H,20,21). The molecule has 2 atom stereocenters. The Morgan fingerprint density at radius 2 is 1.76 bits per heavy atom. The van der Waals surface area contributed by atoms with E-state index in [2.05, 4.69) is 0 Å². The molecule has 0 bridgehead atoms. The number of hydrogen-bond acceptors (Lipinski definition) is 2. The van der Waals surface area contributed by atoms with Gasteiger partial charge in [0.25, 0.3) is 0 Å². The van der Waals surface area contributed by atoms with Gasteiger partial charge in [-0.25, -0.2) is 0 Å². The van der Waals surface area contributed by atoms with Crippen LogP contribution in [-0.2, 0) is 16.0 Å². The third kappa shape index (κ3) is 6.43. The van der Waals surface area contributed by atoms with Crippen molar-refractivity contribution in [2.24, 2.45) is 11.8 Å². The van der Waals surface area contributed by atoms with Gasteiger partial charge in [-0.1, -0.05) is 43.7 Å². The number of carboxylic acids is 2. The summed E-state index contributed by atoms with van der Waals surface area (Å²) in [5.41, 5.74) is 1.14. The maximum atomic E-state index is 11.5. The zero-order valence-electron chi connectivity index (χ0n) is 12.5. The van der Waals surface area contributed by atoms with Crippen molar-refractivity contribution < 1.29 is 19.8 Å². The Balaban J connectivity index is 2.72. The molecular weight excluding hydrogens is 268 g/mol. The predicted molar refractivity (Wildman–Crippen MR) is 81.2 cm³/mol. The molecule has 116 valence electrons. The molecular formula is C17H24O4. The molecule has 2 N–H and O–H groups in total. The first-order chi connectivity index (χ1) is 10.0. The van der Waals surface area contributed by atoms with Crippen molar-refractivity contribution in [2.45, 2.75) is 45.4 Å². The predicted octanol–water partition coefficient (Wildman–Crippen LogP) is 3.60. The molecule has 0 heterocycles. The van der Waals surface area contributed by atoms with Crippen LogP contribution in [0.1, 0.15) is 44.6 Å². The van der Waals surface area contributed by atoms with Crippen LogP contribution < -0.4 is 0 Å². The lowest BCUT2D eigenvalue weighted by molar-refractivity contribution is -0.145. The van der Waals surface area contributed by atoms with Crippen LogP contribution >= 0.6 is 0 Å². The lowest BCUT2D eigenvalue weighted by Gasteiger charge is -2.23. The van der Waals surface area contributed by atoms with E-state index in [0.717, 1.165) is 24.8 Å². The second kappa shape index (κ2) is 9.16. The van der Waals surface area contributed by atoms with Crippen molar-refractivity contribution in [1.82, 2.24) is 0 Å². The van der Waals surface area contributed by atoms with Gasteiger partial charge in [0, 0.05) is 6.42 Å². The van der Waals surface area contributed by atoms with Gasteiger partial charge in [0.2, 0.25) is 0 Å². The Bertz CT molecular complexity index is 441. The summed E-state index contributed by atoms with van der Waals surface area (Å²) in [5.74, 6) is -2.09. The molecule has 4 heteroatoms. The SMILES string of the molecule is CCCC(Cc1ccccc1)C(CCCC(=O)O)C(=O)O. The lowest BCUT2D eigenvalue weighted by Crippen LogP contribution is -2.25. The molecule has 0 aliphatic carbocycles. The molecule has 0 saturated carbocycles. The minimum absolute atomic E-state index is 0.0357. The third-order valence-electron chi connectivity index (χ3n) is 3.79. The van der Waals surface area contributed by atoms with E-state index in [1.165, 1.54) is 0 Å². The Morgan fingerprint density at radius 3 is 2.29 bits per heavy atom. The van der Waals surface area contributed by atoms with E-state index in [1.807, 2.05) is 37.3 Å². The summed E-state index contributed by atoms with van der Waals surface area (Å²) in [6, 6.07) is 9.88. The molecule has 0 saturated heterocycles. The fourth-order valence-corrected chi connectivity index (χ4v) is 2.77. The summed E-state index contributed by atoms with van der Waals surface area (Å²) < 4.78 is 0. The van der Waals surface area contributed by atoms with Crippen molar-refractivity contribution >= 4 is 11.9 Å². The smallest absolute Gasteiger partial charge is 0.306 e. The quantitative estimate of drug-likeness (QED) is 0.691. The molecule has 0 aliphatic heterocycles. The average Bonchev–Trinajstić information content (AvgIpc) is 2.44. The van der Waals surface area contributed by atoms with Gasteiger partial charge in [-0.3, -0.25) is 9.59 Å². The topological polar surface area (TPSA) is 74.6 Å². The number of hydrogen-bond donors (Lipinski definition) is 2. The maximum Gasteiger partial charge on any atom is 0.306 e. The van der Waals surface area contributed by atoms with Gasteiger partial charge < -0.3 is 10.2 Å². The summed E-state index contributed by atoms with van der Waals surface area (Å²) in [4.78, 5) is 22.1. The van der Waals surface area contributed by atoms with Crippen LogP contribution in [0.5, 0.6) is 0 Å². The molecule has 0 radical (unpaired) electrons. The monoisotopic (exact) mass is 292 g/mol. The maximum absolute atomic E-state index is 11.5. The van der Waals surface area contributed by atoms with Gasteiger partial charge in [0.15, 0.2) is 0 Å². The van der Waals surface area contributed by atoms with Crippen molar-refractivity contribution in [1.29, 1.82) is 0 Å². The van der Waals surface area contributed by atoms with E-state index >= 15 is 0 Å². The molecule has 0 aliphatic rings. The van der Waals surface area contributed by atoms with Crippen LogP contribution in [0, 0.1) is 11.8 Å².